The molecule has 2 aromatic rings. The summed E-state index contributed by atoms with van der Waals surface area (Å²) < 4.78 is 52.4. The van der Waals surface area contributed by atoms with Crippen LogP contribution in [0.3, 0.4) is 0 Å². The van der Waals surface area contributed by atoms with Gasteiger partial charge < -0.3 is 5.32 Å². The Bertz CT molecular complexity index is 1260. The molecule has 0 bridgehead atoms. The van der Waals surface area contributed by atoms with Gasteiger partial charge in [-0.2, -0.15) is 9.57 Å². The largest absolute Gasteiger partial charge is 0.326 e. The van der Waals surface area contributed by atoms with E-state index in [-0.39, 0.29) is 29.8 Å². The lowest BCUT2D eigenvalue weighted by Gasteiger charge is -2.30. The molecule has 1 heterocycles. The normalized spacial score (nSPS) is 15.7. The first-order valence-electron chi connectivity index (χ1n) is 9.89. The molecular formula is C21H24N4O5S2. The molecule has 1 aliphatic rings. The van der Waals surface area contributed by atoms with Crippen LogP contribution in [0.1, 0.15) is 24.0 Å². The van der Waals surface area contributed by atoms with Gasteiger partial charge in [-0.05, 0) is 61.7 Å². The number of piperidine rings is 1. The fraction of sp³-hybridized carbons (Fsp3) is 0.333. The molecule has 11 heteroatoms. The average molecular weight is 477 g/mol. The number of benzene rings is 2. The molecule has 1 aliphatic heterocycles. The summed E-state index contributed by atoms with van der Waals surface area (Å²) in [5.41, 5.74) is 1.94. The van der Waals surface area contributed by atoms with Crippen molar-refractivity contribution in [2.75, 3.05) is 29.4 Å². The van der Waals surface area contributed by atoms with Crippen molar-refractivity contribution < 1.29 is 21.6 Å². The van der Waals surface area contributed by atoms with Crippen molar-refractivity contribution in [3.63, 3.8) is 0 Å². The molecule has 1 fully saturated rings. The highest BCUT2D eigenvalue weighted by Gasteiger charge is 2.32. The third kappa shape index (κ3) is 5.64. The van der Waals surface area contributed by atoms with Crippen LogP contribution in [0.2, 0.25) is 0 Å². The minimum Gasteiger partial charge on any atom is -0.326 e. The number of nitrogens with zero attached hydrogens (tertiary/aromatic N) is 2. The average Bonchev–Trinajstić information content (AvgIpc) is 2.75. The van der Waals surface area contributed by atoms with E-state index in [2.05, 4.69) is 10.0 Å². The number of nitriles is 1. The highest BCUT2D eigenvalue weighted by molar-refractivity contribution is 7.92. The summed E-state index contributed by atoms with van der Waals surface area (Å²) in [7, 11) is -7.15. The van der Waals surface area contributed by atoms with Crippen molar-refractivity contribution >= 4 is 37.3 Å². The molecule has 32 heavy (non-hydrogen) atoms. The lowest BCUT2D eigenvalue weighted by molar-refractivity contribution is -0.120. The monoisotopic (exact) mass is 476 g/mol. The van der Waals surface area contributed by atoms with Gasteiger partial charge >= 0.3 is 0 Å². The molecule has 0 saturated carbocycles. The molecule has 0 spiro atoms. The van der Waals surface area contributed by atoms with E-state index in [1.165, 1.54) is 28.6 Å². The smallest absolute Gasteiger partial charge is 0.243 e. The molecule has 0 atom stereocenters. The summed E-state index contributed by atoms with van der Waals surface area (Å²) in [6, 6.07) is 12.6. The van der Waals surface area contributed by atoms with Crippen LogP contribution in [0.4, 0.5) is 11.4 Å². The number of nitrogens with one attached hydrogen (secondary N) is 2. The van der Waals surface area contributed by atoms with E-state index in [1.807, 2.05) is 6.07 Å². The second kappa shape index (κ2) is 9.28. The first-order chi connectivity index (χ1) is 15.0. The maximum absolute atomic E-state index is 12.8. The predicted molar refractivity (Wildman–Crippen MR) is 121 cm³/mol. The van der Waals surface area contributed by atoms with Crippen LogP contribution in [0.25, 0.3) is 0 Å². The van der Waals surface area contributed by atoms with E-state index in [0.717, 1.165) is 11.8 Å². The maximum Gasteiger partial charge on any atom is 0.243 e. The summed E-state index contributed by atoms with van der Waals surface area (Å²) in [6.07, 6.45) is 1.78. The van der Waals surface area contributed by atoms with Gasteiger partial charge in [-0.3, -0.25) is 9.52 Å². The number of rotatable bonds is 6. The molecule has 2 N–H and O–H groups in total. The lowest BCUT2D eigenvalue weighted by atomic mass is 9.97. The zero-order valence-corrected chi connectivity index (χ0v) is 19.3. The topological polar surface area (TPSA) is 136 Å². The number of aryl methyl sites for hydroxylation is 1. The van der Waals surface area contributed by atoms with Gasteiger partial charge in [0.05, 0.1) is 28.5 Å². The number of amides is 1. The Labute approximate surface area is 188 Å². The van der Waals surface area contributed by atoms with E-state index in [1.54, 1.807) is 25.1 Å². The maximum atomic E-state index is 12.8. The van der Waals surface area contributed by atoms with Gasteiger partial charge in [0.15, 0.2) is 0 Å². The SMILES string of the molecule is Cc1ccc(NC(=O)C2CCN(S(=O)(=O)c3ccc(C#N)cc3)CC2)cc1NS(C)(=O)=O. The highest BCUT2D eigenvalue weighted by atomic mass is 32.2. The Hall–Kier alpha value is -2.94. The molecular weight excluding hydrogens is 452 g/mol. The van der Waals surface area contributed by atoms with Gasteiger partial charge in [-0.15, -0.1) is 0 Å². The third-order valence-corrected chi connectivity index (χ3v) is 7.75. The highest BCUT2D eigenvalue weighted by Crippen LogP contribution is 2.26. The van der Waals surface area contributed by atoms with E-state index in [0.29, 0.717) is 29.8 Å². The molecule has 0 radical (unpaired) electrons. The molecule has 0 aliphatic carbocycles. The lowest BCUT2D eigenvalue weighted by Crippen LogP contribution is -2.41. The van der Waals surface area contributed by atoms with E-state index < -0.39 is 20.0 Å². The molecule has 0 aromatic heterocycles. The zero-order chi connectivity index (χ0) is 23.5. The predicted octanol–water partition coefficient (Wildman–Crippen LogP) is 2.28. The fourth-order valence-electron chi connectivity index (χ4n) is 3.46. The van der Waals surface area contributed by atoms with Crippen LogP contribution >= 0.6 is 0 Å². The van der Waals surface area contributed by atoms with Crippen LogP contribution < -0.4 is 10.0 Å². The number of hydrogen-bond donors (Lipinski definition) is 2. The van der Waals surface area contributed by atoms with Crippen molar-refractivity contribution in [2.24, 2.45) is 5.92 Å². The van der Waals surface area contributed by atoms with Crippen LogP contribution in [0.5, 0.6) is 0 Å². The zero-order valence-electron chi connectivity index (χ0n) is 17.7. The van der Waals surface area contributed by atoms with Gasteiger partial charge in [0.2, 0.25) is 26.0 Å². The quantitative estimate of drug-likeness (QED) is 0.656. The second-order valence-corrected chi connectivity index (χ2v) is 11.4. The number of hydrogen-bond acceptors (Lipinski definition) is 6. The first-order valence-corrected chi connectivity index (χ1v) is 13.2. The molecule has 0 unspecified atom stereocenters. The van der Waals surface area contributed by atoms with Gasteiger partial charge in [-0.25, -0.2) is 16.8 Å². The Morgan fingerprint density at radius 2 is 1.69 bits per heavy atom. The molecule has 170 valence electrons. The van der Waals surface area contributed by atoms with Gasteiger partial charge in [0, 0.05) is 24.7 Å². The molecule has 3 rings (SSSR count). The fourth-order valence-corrected chi connectivity index (χ4v) is 5.55. The first kappa shape index (κ1) is 23.7. The van der Waals surface area contributed by atoms with E-state index >= 15 is 0 Å². The van der Waals surface area contributed by atoms with Crippen LogP contribution in [0.15, 0.2) is 47.4 Å². The molecule has 1 amide bonds. The number of carbonyl (C=O) groups excluding carboxylic acids is 1. The van der Waals surface area contributed by atoms with Crippen LogP contribution in [-0.4, -0.2) is 46.4 Å². The Balaban J connectivity index is 1.63. The Morgan fingerprint density at radius 1 is 1.06 bits per heavy atom. The minimum atomic E-state index is -3.70. The summed E-state index contributed by atoms with van der Waals surface area (Å²) in [5, 5.41) is 11.7. The summed E-state index contributed by atoms with van der Waals surface area (Å²) in [4.78, 5) is 12.8. The molecule has 1 saturated heterocycles. The van der Waals surface area contributed by atoms with Crippen molar-refractivity contribution in [2.45, 2.75) is 24.7 Å². The Kier molecular flexibility index (Phi) is 6.88. The van der Waals surface area contributed by atoms with Crippen molar-refractivity contribution in [3.8, 4) is 6.07 Å². The number of anilines is 2. The van der Waals surface area contributed by atoms with Crippen LogP contribution in [-0.2, 0) is 24.8 Å². The van der Waals surface area contributed by atoms with Gasteiger partial charge in [0.25, 0.3) is 0 Å². The molecule has 9 nitrogen and oxygen atoms in total. The van der Waals surface area contributed by atoms with Crippen molar-refractivity contribution in [3.05, 3.63) is 53.6 Å². The van der Waals surface area contributed by atoms with Crippen LogP contribution in [0, 0.1) is 24.2 Å². The summed E-state index contributed by atoms with van der Waals surface area (Å²) in [6.45, 7) is 2.16. The van der Waals surface area contributed by atoms with E-state index in [9.17, 15) is 21.6 Å². The van der Waals surface area contributed by atoms with Gasteiger partial charge in [-0.1, -0.05) is 6.07 Å². The van der Waals surface area contributed by atoms with E-state index in [4.69, 9.17) is 5.26 Å². The summed E-state index contributed by atoms with van der Waals surface area (Å²) >= 11 is 0. The minimum absolute atomic E-state index is 0.116. The van der Waals surface area contributed by atoms with Crippen molar-refractivity contribution in [1.29, 1.82) is 5.26 Å². The van der Waals surface area contributed by atoms with Crippen molar-refractivity contribution in [1.82, 2.24) is 4.31 Å². The molecule has 2 aromatic carbocycles. The standard InChI is InChI=1S/C21H24N4O5S2/c1-15-3-6-18(13-20(15)24-31(2,27)28)23-21(26)17-9-11-25(12-10-17)32(29,30)19-7-4-16(14-22)5-8-19/h3-8,13,17,24H,9-12H2,1-2H3,(H,23,26). The summed E-state index contributed by atoms with van der Waals surface area (Å²) in [5.74, 6) is -0.607. The number of carbonyl (C=O) groups is 1. The Morgan fingerprint density at radius 3 is 2.25 bits per heavy atom. The van der Waals surface area contributed by atoms with Gasteiger partial charge in [0.1, 0.15) is 0 Å². The third-order valence-electron chi connectivity index (χ3n) is 5.25. The second-order valence-electron chi connectivity index (χ2n) is 7.71. The number of sulfonamides is 2.